The predicted molar refractivity (Wildman–Crippen MR) is 81.5 cm³/mol. The molecule has 0 spiro atoms. The Balaban J connectivity index is 1.95. The standard InChI is InChI=1S/C17H14F2N2O2/c1-11(22)12-2-3-13(10-20)17(8-12)21-6-7-23-14-4-5-15(18)16(19)9-14/h2-5,8-9,21H,6-7H2,1H3. The summed E-state index contributed by atoms with van der Waals surface area (Å²) in [4.78, 5) is 11.4. The normalized spacial score (nSPS) is 10.0. The van der Waals surface area contributed by atoms with Crippen LogP contribution in [0.2, 0.25) is 0 Å². The van der Waals surface area contributed by atoms with E-state index in [0.717, 1.165) is 12.1 Å². The van der Waals surface area contributed by atoms with E-state index in [1.165, 1.54) is 13.0 Å². The number of ketones is 1. The van der Waals surface area contributed by atoms with Crippen LogP contribution in [0.15, 0.2) is 36.4 Å². The molecule has 2 aromatic carbocycles. The fourth-order valence-corrected chi connectivity index (χ4v) is 1.93. The highest BCUT2D eigenvalue weighted by molar-refractivity contribution is 5.95. The quantitative estimate of drug-likeness (QED) is 0.654. The molecule has 0 radical (unpaired) electrons. The van der Waals surface area contributed by atoms with Crippen LogP contribution in [-0.4, -0.2) is 18.9 Å². The summed E-state index contributed by atoms with van der Waals surface area (Å²) in [7, 11) is 0. The van der Waals surface area contributed by atoms with Crippen molar-refractivity contribution in [1.82, 2.24) is 0 Å². The minimum absolute atomic E-state index is 0.101. The fraction of sp³-hybridized carbons (Fsp3) is 0.176. The minimum Gasteiger partial charge on any atom is -0.492 e. The highest BCUT2D eigenvalue weighted by atomic mass is 19.2. The molecule has 2 aromatic rings. The van der Waals surface area contributed by atoms with Crippen LogP contribution in [0.25, 0.3) is 0 Å². The first-order chi connectivity index (χ1) is 11.0. The number of anilines is 1. The van der Waals surface area contributed by atoms with E-state index in [9.17, 15) is 13.6 Å². The van der Waals surface area contributed by atoms with Gasteiger partial charge in [0.15, 0.2) is 17.4 Å². The summed E-state index contributed by atoms with van der Waals surface area (Å²) in [6, 6.07) is 10.1. The first kappa shape index (κ1) is 16.4. The van der Waals surface area contributed by atoms with Gasteiger partial charge in [0.1, 0.15) is 18.4 Å². The number of nitriles is 1. The molecule has 0 aliphatic rings. The zero-order chi connectivity index (χ0) is 16.8. The highest BCUT2D eigenvalue weighted by Gasteiger charge is 2.07. The Bertz CT molecular complexity index is 770. The molecule has 1 N–H and O–H groups in total. The number of rotatable bonds is 6. The van der Waals surface area contributed by atoms with Gasteiger partial charge in [-0.15, -0.1) is 0 Å². The maximum absolute atomic E-state index is 13.0. The molecular weight excluding hydrogens is 302 g/mol. The molecule has 0 saturated carbocycles. The van der Waals surface area contributed by atoms with E-state index in [1.807, 2.05) is 6.07 Å². The molecule has 0 saturated heterocycles. The molecule has 0 aliphatic heterocycles. The van der Waals surface area contributed by atoms with Crippen LogP contribution in [0.5, 0.6) is 5.75 Å². The van der Waals surface area contributed by atoms with Crippen LogP contribution < -0.4 is 10.1 Å². The lowest BCUT2D eigenvalue weighted by atomic mass is 10.1. The van der Waals surface area contributed by atoms with Crippen molar-refractivity contribution in [3.05, 3.63) is 59.2 Å². The van der Waals surface area contributed by atoms with Gasteiger partial charge >= 0.3 is 0 Å². The summed E-state index contributed by atoms with van der Waals surface area (Å²) in [5.74, 6) is -1.80. The number of benzene rings is 2. The number of hydrogen-bond acceptors (Lipinski definition) is 4. The SMILES string of the molecule is CC(=O)c1ccc(C#N)c(NCCOc2ccc(F)c(F)c2)c1. The van der Waals surface area contributed by atoms with Crippen LogP contribution in [0, 0.1) is 23.0 Å². The van der Waals surface area contributed by atoms with E-state index in [1.54, 1.807) is 18.2 Å². The Hall–Kier alpha value is -2.94. The molecule has 23 heavy (non-hydrogen) atoms. The molecule has 0 heterocycles. The number of nitrogens with one attached hydrogen (secondary N) is 1. The van der Waals surface area contributed by atoms with Crippen molar-refractivity contribution in [1.29, 1.82) is 5.26 Å². The van der Waals surface area contributed by atoms with Crippen LogP contribution in [0.1, 0.15) is 22.8 Å². The number of halogens is 2. The molecule has 0 atom stereocenters. The van der Waals surface area contributed by atoms with Gasteiger partial charge in [0.25, 0.3) is 0 Å². The van der Waals surface area contributed by atoms with Crippen molar-refractivity contribution in [2.24, 2.45) is 0 Å². The summed E-state index contributed by atoms with van der Waals surface area (Å²) in [6.07, 6.45) is 0. The lowest BCUT2D eigenvalue weighted by molar-refractivity contribution is 0.101. The van der Waals surface area contributed by atoms with Crippen LogP contribution in [-0.2, 0) is 0 Å². The maximum atomic E-state index is 13.0. The summed E-state index contributed by atoms with van der Waals surface area (Å²) < 4.78 is 31.1. The van der Waals surface area contributed by atoms with Crippen molar-refractivity contribution in [2.45, 2.75) is 6.92 Å². The second-order valence-electron chi connectivity index (χ2n) is 4.78. The molecule has 118 valence electrons. The van der Waals surface area contributed by atoms with Crippen molar-refractivity contribution in [3.8, 4) is 11.8 Å². The van der Waals surface area contributed by atoms with Crippen LogP contribution >= 0.6 is 0 Å². The second kappa shape index (κ2) is 7.36. The lowest BCUT2D eigenvalue weighted by Gasteiger charge is -2.11. The number of Topliss-reactive ketones (excluding diaryl/α,β-unsaturated/α-hetero) is 1. The van der Waals surface area contributed by atoms with E-state index in [4.69, 9.17) is 10.00 Å². The third kappa shape index (κ3) is 4.27. The third-order valence-corrected chi connectivity index (χ3v) is 3.12. The average molecular weight is 316 g/mol. The van der Waals surface area contributed by atoms with Crippen molar-refractivity contribution in [2.75, 3.05) is 18.5 Å². The van der Waals surface area contributed by atoms with Gasteiger partial charge in [-0.05, 0) is 37.3 Å². The average Bonchev–Trinajstić information content (AvgIpc) is 2.54. The van der Waals surface area contributed by atoms with E-state index in [-0.39, 0.29) is 18.1 Å². The summed E-state index contributed by atoms with van der Waals surface area (Å²) in [5, 5.41) is 12.0. The number of hydrogen-bond donors (Lipinski definition) is 1. The Labute approximate surface area is 132 Å². The monoisotopic (exact) mass is 316 g/mol. The first-order valence-electron chi connectivity index (χ1n) is 6.88. The zero-order valence-corrected chi connectivity index (χ0v) is 12.4. The topological polar surface area (TPSA) is 62.1 Å². The van der Waals surface area contributed by atoms with E-state index >= 15 is 0 Å². The predicted octanol–water partition coefficient (Wildman–Crippen LogP) is 3.53. The lowest BCUT2D eigenvalue weighted by Crippen LogP contribution is -2.13. The third-order valence-electron chi connectivity index (χ3n) is 3.12. The van der Waals surface area contributed by atoms with Gasteiger partial charge in [0.05, 0.1) is 11.3 Å². The van der Waals surface area contributed by atoms with Gasteiger partial charge in [0, 0.05) is 18.2 Å². The molecule has 0 amide bonds. The highest BCUT2D eigenvalue weighted by Crippen LogP contribution is 2.18. The Kier molecular flexibility index (Phi) is 5.26. The molecule has 0 aliphatic carbocycles. The molecule has 6 heteroatoms. The van der Waals surface area contributed by atoms with Gasteiger partial charge in [-0.1, -0.05) is 0 Å². The van der Waals surface area contributed by atoms with Gasteiger partial charge < -0.3 is 10.1 Å². The Morgan fingerprint density at radius 2 is 2.00 bits per heavy atom. The van der Waals surface area contributed by atoms with E-state index in [2.05, 4.69) is 5.32 Å². The number of carbonyl (C=O) groups is 1. The number of carbonyl (C=O) groups excluding carboxylic acids is 1. The van der Waals surface area contributed by atoms with Crippen LogP contribution in [0.4, 0.5) is 14.5 Å². The first-order valence-corrected chi connectivity index (χ1v) is 6.88. The Morgan fingerprint density at radius 3 is 2.65 bits per heavy atom. The van der Waals surface area contributed by atoms with Gasteiger partial charge in [-0.25, -0.2) is 8.78 Å². The van der Waals surface area contributed by atoms with E-state index < -0.39 is 11.6 Å². The molecule has 4 nitrogen and oxygen atoms in total. The van der Waals surface area contributed by atoms with Gasteiger partial charge in [0.2, 0.25) is 0 Å². The summed E-state index contributed by atoms with van der Waals surface area (Å²) in [6.45, 7) is 1.95. The molecule has 0 unspecified atom stereocenters. The van der Waals surface area contributed by atoms with Crippen molar-refractivity contribution >= 4 is 11.5 Å². The van der Waals surface area contributed by atoms with Crippen molar-refractivity contribution in [3.63, 3.8) is 0 Å². The summed E-state index contributed by atoms with van der Waals surface area (Å²) in [5.41, 5.74) is 1.42. The van der Waals surface area contributed by atoms with E-state index in [0.29, 0.717) is 23.4 Å². The second-order valence-corrected chi connectivity index (χ2v) is 4.78. The molecule has 0 bridgehead atoms. The smallest absolute Gasteiger partial charge is 0.162 e. The van der Waals surface area contributed by atoms with Crippen molar-refractivity contribution < 1.29 is 18.3 Å². The molecule has 2 rings (SSSR count). The fourth-order valence-electron chi connectivity index (χ4n) is 1.93. The Morgan fingerprint density at radius 1 is 1.22 bits per heavy atom. The maximum Gasteiger partial charge on any atom is 0.162 e. The van der Waals surface area contributed by atoms with Gasteiger partial charge in [-0.3, -0.25) is 4.79 Å². The molecular formula is C17H14F2N2O2. The summed E-state index contributed by atoms with van der Waals surface area (Å²) >= 11 is 0. The largest absolute Gasteiger partial charge is 0.492 e. The van der Waals surface area contributed by atoms with Gasteiger partial charge in [-0.2, -0.15) is 5.26 Å². The van der Waals surface area contributed by atoms with Crippen LogP contribution in [0.3, 0.4) is 0 Å². The number of ether oxygens (including phenoxy) is 1. The zero-order valence-electron chi connectivity index (χ0n) is 12.4. The molecule has 0 aromatic heterocycles. The molecule has 0 fully saturated rings. The minimum atomic E-state index is -0.976. The number of nitrogens with zero attached hydrogens (tertiary/aromatic N) is 1.